The second-order valence-corrected chi connectivity index (χ2v) is 9.61. The van der Waals surface area contributed by atoms with Crippen molar-refractivity contribution in [2.75, 3.05) is 17.2 Å². The van der Waals surface area contributed by atoms with E-state index in [1.54, 1.807) is 30.8 Å². The second kappa shape index (κ2) is 8.99. The van der Waals surface area contributed by atoms with Crippen LogP contribution in [0.25, 0.3) is 16.9 Å². The molecule has 0 aliphatic heterocycles. The van der Waals surface area contributed by atoms with Crippen LogP contribution in [0.1, 0.15) is 42.6 Å². The first-order chi connectivity index (χ1) is 16.8. The molecule has 0 radical (unpaired) electrons. The Bertz CT molecular complexity index is 1370. The first-order valence-corrected chi connectivity index (χ1v) is 11.7. The standard InChI is InChI=1S/C26H29N7O2/c1-16-12-17(7-10-19(16)25(34)30-18-8-9-18)21-14-28-24-20(29-15-26(2,3)35)13-23(32-33(21)24)31-22-6-4-5-11-27-22/h4-7,10-14,18,29,35H,8-9,15H2,1-3H3,(H,30,34)(H,27,31,32). The zero-order chi connectivity index (χ0) is 24.6. The Balaban J connectivity index is 1.53. The third kappa shape index (κ3) is 5.25. The lowest BCUT2D eigenvalue weighted by molar-refractivity contribution is 0.0940. The predicted octanol–water partition coefficient (Wildman–Crippen LogP) is 3.92. The van der Waals surface area contributed by atoms with E-state index in [9.17, 15) is 9.90 Å². The van der Waals surface area contributed by atoms with E-state index in [4.69, 9.17) is 5.10 Å². The molecule has 0 atom stereocenters. The van der Waals surface area contributed by atoms with Crippen molar-refractivity contribution in [1.29, 1.82) is 0 Å². The van der Waals surface area contributed by atoms with Gasteiger partial charge in [0.1, 0.15) is 5.82 Å². The number of nitrogens with one attached hydrogen (secondary N) is 3. The third-order valence-electron chi connectivity index (χ3n) is 5.78. The summed E-state index contributed by atoms with van der Waals surface area (Å²) in [7, 11) is 0. The molecule has 0 bridgehead atoms. The Labute approximate surface area is 203 Å². The van der Waals surface area contributed by atoms with E-state index in [-0.39, 0.29) is 5.91 Å². The van der Waals surface area contributed by atoms with Gasteiger partial charge in [0.25, 0.3) is 5.91 Å². The van der Waals surface area contributed by atoms with Gasteiger partial charge in [-0.15, -0.1) is 5.10 Å². The van der Waals surface area contributed by atoms with E-state index in [0.717, 1.165) is 35.3 Å². The summed E-state index contributed by atoms with van der Waals surface area (Å²) >= 11 is 0. The van der Waals surface area contributed by atoms with Gasteiger partial charge in [0, 0.05) is 36.0 Å². The molecular weight excluding hydrogens is 442 g/mol. The minimum absolute atomic E-state index is 0.0345. The molecule has 4 N–H and O–H groups in total. The van der Waals surface area contributed by atoms with Crippen molar-refractivity contribution in [1.82, 2.24) is 24.9 Å². The van der Waals surface area contributed by atoms with Crippen molar-refractivity contribution in [3.05, 3.63) is 66.0 Å². The van der Waals surface area contributed by atoms with Gasteiger partial charge in [-0.1, -0.05) is 12.1 Å². The number of hydrogen-bond acceptors (Lipinski definition) is 7. The number of nitrogens with zero attached hydrogens (tertiary/aromatic N) is 4. The third-order valence-corrected chi connectivity index (χ3v) is 5.78. The smallest absolute Gasteiger partial charge is 0.251 e. The number of rotatable bonds is 8. The summed E-state index contributed by atoms with van der Waals surface area (Å²) in [6, 6.07) is 13.5. The normalized spacial score (nSPS) is 13.6. The van der Waals surface area contributed by atoms with Crippen molar-refractivity contribution < 1.29 is 9.90 Å². The van der Waals surface area contributed by atoms with E-state index < -0.39 is 5.60 Å². The molecule has 4 aromatic rings. The van der Waals surface area contributed by atoms with Gasteiger partial charge in [-0.25, -0.2) is 14.5 Å². The fourth-order valence-electron chi connectivity index (χ4n) is 3.80. The lowest BCUT2D eigenvalue weighted by atomic mass is 10.0. The van der Waals surface area contributed by atoms with Gasteiger partial charge >= 0.3 is 0 Å². The van der Waals surface area contributed by atoms with Crippen LogP contribution in [0, 0.1) is 6.92 Å². The summed E-state index contributed by atoms with van der Waals surface area (Å²) in [5.41, 5.74) is 3.69. The van der Waals surface area contributed by atoms with Crippen molar-refractivity contribution in [2.24, 2.45) is 0 Å². The van der Waals surface area contributed by atoms with Crippen LogP contribution >= 0.6 is 0 Å². The van der Waals surface area contributed by atoms with Crippen molar-refractivity contribution >= 4 is 28.9 Å². The first-order valence-electron chi connectivity index (χ1n) is 11.7. The number of aromatic nitrogens is 4. The first kappa shape index (κ1) is 22.8. The summed E-state index contributed by atoms with van der Waals surface area (Å²) in [5.74, 6) is 1.20. The lowest BCUT2D eigenvalue weighted by Crippen LogP contribution is -2.29. The Kier molecular flexibility index (Phi) is 5.86. The van der Waals surface area contributed by atoms with Crippen molar-refractivity contribution in [2.45, 2.75) is 45.3 Å². The number of aliphatic hydroxyl groups is 1. The van der Waals surface area contributed by atoms with Gasteiger partial charge in [-0.05, 0) is 63.4 Å². The van der Waals surface area contributed by atoms with Crippen LogP contribution in [0.3, 0.4) is 0 Å². The van der Waals surface area contributed by atoms with Gasteiger partial charge in [-0.2, -0.15) is 0 Å². The maximum Gasteiger partial charge on any atom is 0.251 e. The monoisotopic (exact) mass is 471 g/mol. The molecule has 0 spiro atoms. The highest BCUT2D eigenvalue weighted by atomic mass is 16.3. The van der Waals surface area contributed by atoms with Gasteiger partial charge in [0.2, 0.25) is 0 Å². The predicted molar refractivity (Wildman–Crippen MR) is 136 cm³/mol. The van der Waals surface area contributed by atoms with Crippen molar-refractivity contribution in [3.63, 3.8) is 0 Å². The summed E-state index contributed by atoms with van der Waals surface area (Å²) in [5, 5.41) is 24.6. The fourth-order valence-corrected chi connectivity index (χ4v) is 3.80. The number of fused-ring (bicyclic) bond motifs is 1. The fraction of sp³-hybridized carbons (Fsp3) is 0.308. The number of aryl methyl sites for hydroxylation is 1. The number of carbonyl (C=O) groups excluding carboxylic acids is 1. The molecule has 3 aromatic heterocycles. The maximum atomic E-state index is 12.6. The number of imidazole rings is 1. The molecule has 1 fully saturated rings. The van der Waals surface area contributed by atoms with Gasteiger partial charge in [0.15, 0.2) is 11.5 Å². The molecule has 0 saturated heterocycles. The zero-order valence-electron chi connectivity index (χ0n) is 20.0. The average molecular weight is 472 g/mol. The molecule has 180 valence electrons. The van der Waals surface area contributed by atoms with Crippen molar-refractivity contribution in [3.8, 4) is 11.3 Å². The number of carbonyl (C=O) groups is 1. The number of anilines is 3. The summed E-state index contributed by atoms with van der Waals surface area (Å²) in [4.78, 5) is 21.5. The number of amides is 1. The zero-order valence-corrected chi connectivity index (χ0v) is 20.0. The van der Waals surface area contributed by atoms with Crippen LogP contribution in [-0.4, -0.2) is 48.8 Å². The van der Waals surface area contributed by atoms with E-state index in [1.165, 1.54) is 0 Å². The topological polar surface area (TPSA) is 116 Å². The second-order valence-electron chi connectivity index (χ2n) is 9.61. The summed E-state index contributed by atoms with van der Waals surface area (Å²) < 4.78 is 1.76. The Morgan fingerprint density at radius 1 is 1.14 bits per heavy atom. The molecule has 9 nitrogen and oxygen atoms in total. The van der Waals surface area contributed by atoms with E-state index >= 15 is 0 Å². The van der Waals surface area contributed by atoms with Gasteiger partial charge in [0.05, 0.1) is 23.2 Å². The highest BCUT2D eigenvalue weighted by Crippen LogP contribution is 2.29. The van der Waals surface area contributed by atoms with E-state index in [0.29, 0.717) is 35.4 Å². The molecule has 5 rings (SSSR count). The van der Waals surface area contributed by atoms with Crippen LogP contribution < -0.4 is 16.0 Å². The molecule has 35 heavy (non-hydrogen) atoms. The van der Waals surface area contributed by atoms with Crippen LogP contribution in [0.15, 0.2) is 54.9 Å². The number of pyridine rings is 1. The quantitative estimate of drug-likeness (QED) is 0.308. The number of benzene rings is 1. The Hall–Kier alpha value is -3.98. The van der Waals surface area contributed by atoms with Crippen LogP contribution in [0.5, 0.6) is 0 Å². The van der Waals surface area contributed by atoms with E-state index in [1.807, 2.05) is 49.4 Å². The molecule has 1 aromatic carbocycles. The average Bonchev–Trinajstić information content (AvgIpc) is 3.53. The van der Waals surface area contributed by atoms with Crippen LogP contribution in [-0.2, 0) is 0 Å². The highest BCUT2D eigenvalue weighted by Gasteiger charge is 2.24. The molecule has 1 aliphatic carbocycles. The molecule has 0 unspecified atom stereocenters. The Morgan fingerprint density at radius 3 is 2.66 bits per heavy atom. The lowest BCUT2D eigenvalue weighted by Gasteiger charge is -2.19. The summed E-state index contributed by atoms with van der Waals surface area (Å²) in [6.45, 7) is 5.76. The highest BCUT2D eigenvalue weighted by molar-refractivity contribution is 5.96. The van der Waals surface area contributed by atoms with E-state index in [2.05, 4.69) is 25.9 Å². The molecule has 9 heteroatoms. The maximum absolute atomic E-state index is 12.6. The molecular formula is C26H29N7O2. The number of hydrogen-bond donors (Lipinski definition) is 4. The minimum Gasteiger partial charge on any atom is -0.389 e. The van der Waals surface area contributed by atoms with Crippen LogP contribution in [0.2, 0.25) is 0 Å². The molecule has 1 amide bonds. The minimum atomic E-state index is -0.905. The van der Waals surface area contributed by atoms with Gasteiger partial charge in [-0.3, -0.25) is 4.79 Å². The van der Waals surface area contributed by atoms with Crippen LogP contribution in [0.4, 0.5) is 17.3 Å². The molecule has 1 aliphatic rings. The molecule has 1 saturated carbocycles. The summed E-state index contributed by atoms with van der Waals surface area (Å²) in [6.07, 6.45) is 5.58. The van der Waals surface area contributed by atoms with Gasteiger partial charge < -0.3 is 21.1 Å². The molecule has 3 heterocycles. The largest absolute Gasteiger partial charge is 0.389 e. The Morgan fingerprint density at radius 2 is 1.97 bits per heavy atom. The SMILES string of the molecule is Cc1cc(-c2cnc3c(NCC(C)(C)O)cc(Nc4ccccn4)nn23)ccc1C(=O)NC1CC1.